The number of para-hydroxylation sites is 1. The van der Waals surface area contributed by atoms with E-state index in [1.54, 1.807) is 0 Å². The number of aliphatic carboxylic acids is 1. The molecule has 0 saturated heterocycles. The Balaban J connectivity index is 0.000000307. The number of nitrogens with one attached hydrogen (secondary N) is 2. The van der Waals surface area contributed by atoms with E-state index in [4.69, 9.17) is 19.6 Å². The minimum absolute atomic E-state index is 0.341. The average molecular weight is 444 g/mol. The number of aromatic nitrogens is 4. The molecule has 0 amide bonds. The quantitative estimate of drug-likeness (QED) is 0.416. The molecule has 0 fully saturated rings. The summed E-state index contributed by atoms with van der Waals surface area (Å²) >= 11 is 0. The van der Waals surface area contributed by atoms with Crippen LogP contribution in [0.15, 0.2) is 54.9 Å². The maximum absolute atomic E-state index is 10.6. The Morgan fingerprint density at radius 1 is 1.16 bits per heavy atom. The largest absolute Gasteiger partial charge is 0.493 e. The standard InChI is InChI=1S/C20H18N4O.C2HF3O2/c1-2-4-19-14(3-1)9-15(7-8-25-19)20-23-17-6-5-13(10-18(17)24-20)16-11-21-22-12-16;3-2(4,5)1(6)7/h1-6,10-12,15H,7-9H2,(H,21,22)(H,23,24);(H,6,7). The van der Waals surface area contributed by atoms with E-state index in [-0.39, 0.29) is 0 Å². The third-order valence-corrected chi connectivity index (χ3v) is 5.12. The van der Waals surface area contributed by atoms with E-state index in [2.05, 4.69) is 45.5 Å². The molecule has 10 heteroatoms. The molecular formula is C22H19F3N4O3. The van der Waals surface area contributed by atoms with Crippen LogP contribution in [0.25, 0.3) is 22.2 Å². The van der Waals surface area contributed by atoms with E-state index in [0.29, 0.717) is 5.92 Å². The third kappa shape index (κ3) is 4.74. The molecule has 1 aliphatic heterocycles. The Morgan fingerprint density at radius 2 is 1.94 bits per heavy atom. The molecule has 1 unspecified atom stereocenters. The minimum atomic E-state index is -5.08. The number of carboxylic acid groups (broad SMARTS) is 1. The number of carbonyl (C=O) groups is 1. The number of benzene rings is 2. The van der Waals surface area contributed by atoms with Gasteiger partial charge in [-0.25, -0.2) is 9.78 Å². The number of alkyl halides is 3. The van der Waals surface area contributed by atoms with Crippen LogP contribution in [0.5, 0.6) is 5.75 Å². The molecule has 2 aromatic heterocycles. The molecule has 0 aliphatic carbocycles. The second kappa shape index (κ2) is 8.74. The number of halogens is 3. The topological polar surface area (TPSA) is 104 Å². The van der Waals surface area contributed by atoms with Gasteiger partial charge < -0.3 is 14.8 Å². The Morgan fingerprint density at radius 3 is 2.66 bits per heavy atom. The summed E-state index contributed by atoms with van der Waals surface area (Å²) in [6, 6.07) is 14.6. The fourth-order valence-corrected chi connectivity index (χ4v) is 3.54. The first-order valence-corrected chi connectivity index (χ1v) is 9.81. The lowest BCUT2D eigenvalue weighted by molar-refractivity contribution is -0.192. The summed E-state index contributed by atoms with van der Waals surface area (Å²) in [5, 5.41) is 14.0. The van der Waals surface area contributed by atoms with Crippen molar-refractivity contribution in [1.82, 2.24) is 20.2 Å². The first-order chi connectivity index (χ1) is 15.3. The zero-order valence-corrected chi connectivity index (χ0v) is 16.7. The van der Waals surface area contributed by atoms with E-state index < -0.39 is 12.1 Å². The predicted octanol–water partition coefficient (Wildman–Crippen LogP) is 4.70. The highest BCUT2D eigenvalue weighted by molar-refractivity contribution is 5.81. The van der Waals surface area contributed by atoms with Crippen molar-refractivity contribution in [3.63, 3.8) is 0 Å². The molecule has 0 spiro atoms. The number of carboxylic acids is 1. The Bertz CT molecular complexity index is 1220. The molecule has 1 aliphatic rings. The van der Waals surface area contributed by atoms with Gasteiger partial charge in [-0.1, -0.05) is 24.3 Å². The maximum atomic E-state index is 10.6. The molecule has 166 valence electrons. The minimum Gasteiger partial charge on any atom is -0.493 e. The number of imidazole rings is 1. The molecule has 1 atom stereocenters. The van der Waals surface area contributed by atoms with Crippen molar-refractivity contribution in [2.45, 2.75) is 24.9 Å². The van der Waals surface area contributed by atoms with Gasteiger partial charge in [-0.05, 0) is 42.2 Å². The van der Waals surface area contributed by atoms with Gasteiger partial charge >= 0.3 is 12.1 Å². The van der Waals surface area contributed by atoms with Crippen molar-refractivity contribution in [2.24, 2.45) is 0 Å². The smallest absolute Gasteiger partial charge is 0.490 e. The van der Waals surface area contributed by atoms with Crippen LogP contribution in [0.4, 0.5) is 13.2 Å². The van der Waals surface area contributed by atoms with Crippen molar-refractivity contribution in [1.29, 1.82) is 0 Å². The molecule has 7 nitrogen and oxygen atoms in total. The summed E-state index contributed by atoms with van der Waals surface area (Å²) in [5.41, 5.74) is 5.53. The first kappa shape index (κ1) is 21.4. The van der Waals surface area contributed by atoms with E-state index in [0.717, 1.165) is 53.2 Å². The highest BCUT2D eigenvalue weighted by Crippen LogP contribution is 2.32. The van der Waals surface area contributed by atoms with Crippen LogP contribution >= 0.6 is 0 Å². The van der Waals surface area contributed by atoms with Crippen LogP contribution in [0.3, 0.4) is 0 Å². The van der Waals surface area contributed by atoms with Crippen LogP contribution in [0, 0.1) is 0 Å². The van der Waals surface area contributed by atoms with Gasteiger partial charge in [-0.15, -0.1) is 0 Å². The van der Waals surface area contributed by atoms with E-state index in [1.165, 1.54) is 5.56 Å². The van der Waals surface area contributed by atoms with Crippen LogP contribution in [0.2, 0.25) is 0 Å². The molecule has 0 saturated carbocycles. The predicted molar refractivity (Wildman–Crippen MR) is 110 cm³/mol. The molecular weight excluding hydrogens is 425 g/mol. The summed E-state index contributed by atoms with van der Waals surface area (Å²) in [7, 11) is 0. The fraction of sp³-hybridized carbons (Fsp3) is 0.227. The summed E-state index contributed by atoms with van der Waals surface area (Å²) in [6.07, 6.45) is 0.559. The average Bonchev–Trinajstić information content (AvgIpc) is 3.38. The van der Waals surface area contributed by atoms with E-state index in [1.807, 2.05) is 24.5 Å². The van der Waals surface area contributed by atoms with E-state index in [9.17, 15) is 13.2 Å². The zero-order valence-electron chi connectivity index (χ0n) is 16.7. The summed E-state index contributed by atoms with van der Waals surface area (Å²) < 4.78 is 37.6. The molecule has 3 N–H and O–H groups in total. The van der Waals surface area contributed by atoms with Gasteiger partial charge in [0.1, 0.15) is 11.6 Å². The lowest BCUT2D eigenvalue weighted by atomic mass is 9.96. The van der Waals surface area contributed by atoms with Gasteiger partial charge in [-0.3, -0.25) is 5.10 Å². The Hall–Kier alpha value is -3.82. The second-order valence-electron chi connectivity index (χ2n) is 7.29. The van der Waals surface area contributed by atoms with Gasteiger partial charge in [0, 0.05) is 17.7 Å². The first-order valence-electron chi connectivity index (χ1n) is 9.81. The molecule has 32 heavy (non-hydrogen) atoms. The number of ether oxygens (including phenoxy) is 1. The fourth-order valence-electron chi connectivity index (χ4n) is 3.54. The lowest BCUT2D eigenvalue weighted by Gasteiger charge is -2.10. The maximum Gasteiger partial charge on any atom is 0.490 e. The zero-order chi connectivity index (χ0) is 22.7. The van der Waals surface area contributed by atoms with Crippen molar-refractivity contribution in [2.75, 3.05) is 6.61 Å². The number of hydrogen-bond donors (Lipinski definition) is 3. The van der Waals surface area contributed by atoms with E-state index >= 15 is 0 Å². The highest BCUT2D eigenvalue weighted by atomic mass is 19.4. The number of H-pyrrole nitrogens is 2. The summed E-state index contributed by atoms with van der Waals surface area (Å²) in [5.74, 6) is -0.371. The van der Waals surface area contributed by atoms with Crippen molar-refractivity contribution < 1.29 is 27.8 Å². The van der Waals surface area contributed by atoms with Gasteiger partial charge in [0.2, 0.25) is 0 Å². The van der Waals surface area contributed by atoms with Gasteiger partial charge in [-0.2, -0.15) is 18.3 Å². The molecule has 4 aromatic rings. The Labute approximate surface area is 180 Å². The second-order valence-corrected chi connectivity index (χ2v) is 7.29. The molecule has 5 rings (SSSR count). The van der Waals surface area contributed by atoms with Gasteiger partial charge in [0.25, 0.3) is 0 Å². The number of fused-ring (bicyclic) bond motifs is 2. The summed E-state index contributed by atoms with van der Waals surface area (Å²) in [4.78, 5) is 17.3. The summed E-state index contributed by atoms with van der Waals surface area (Å²) in [6.45, 7) is 0.721. The Kier molecular flexibility index (Phi) is 5.85. The lowest BCUT2D eigenvalue weighted by Crippen LogP contribution is -2.21. The highest BCUT2D eigenvalue weighted by Gasteiger charge is 2.38. The monoisotopic (exact) mass is 444 g/mol. The number of rotatable bonds is 2. The normalized spacial score (nSPS) is 15.8. The molecule has 2 aromatic carbocycles. The number of nitrogens with zero attached hydrogens (tertiary/aromatic N) is 2. The van der Waals surface area contributed by atoms with Crippen LogP contribution in [-0.2, 0) is 11.2 Å². The van der Waals surface area contributed by atoms with Crippen molar-refractivity contribution in [3.05, 3.63) is 66.2 Å². The molecule has 0 bridgehead atoms. The van der Waals surface area contributed by atoms with Crippen molar-refractivity contribution in [3.8, 4) is 16.9 Å². The van der Waals surface area contributed by atoms with Crippen molar-refractivity contribution >= 4 is 17.0 Å². The van der Waals surface area contributed by atoms with Gasteiger partial charge in [0.15, 0.2) is 0 Å². The SMILES string of the molecule is O=C(O)C(F)(F)F.c1ccc2c(c1)CC(c1nc3ccc(-c4cn[nH]c4)cc3[nH]1)CCO2. The third-order valence-electron chi connectivity index (χ3n) is 5.12. The number of hydrogen-bond acceptors (Lipinski definition) is 4. The van der Waals surface area contributed by atoms with Crippen LogP contribution in [-0.4, -0.2) is 44.0 Å². The number of aromatic amines is 2. The molecule has 3 heterocycles. The van der Waals surface area contributed by atoms with Crippen LogP contribution in [0.1, 0.15) is 23.7 Å². The van der Waals surface area contributed by atoms with Crippen LogP contribution < -0.4 is 4.74 Å². The van der Waals surface area contributed by atoms with Gasteiger partial charge in [0.05, 0.1) is 23.8 Å². The molecule has 0 radical (unpaired) electrons.